The molecule has 0 radical (unpaired) electrons. The largest absolute Gasteiger partial charge is 0.429 e. The number of cyclic esters (lactones) is 1. The molecule has 36 heavy (non-hydrogen) atoms. The van der Waals surface area contributed by atoms with Crippen LogP contribution in [0.5, 0.6) is 0 Å². The Kier molecular flexibility index (Phi) is 6.27. The minimum Gasteiger partial charge on any atom is -0.429 e. The van der Waals surface area contributed by atoms with Crippen molar-refractivity contribution in [3.8, 4) is 22.4 Å². The van der Waals surface area contributed by atoms with Crippen molar-refractivity contribution < 1.29 is 19.4 Å². The number of hydrogen-bond acceptors (Lipinski definition) is 4. The van der Waals surface area contributed by atoms with Crippen LogP contribution in [0.25, 0.3) is 22.4 Å². The highest BCUT2D eigenvalue weighted by Crippen LogP contribution is 2.40. The molecular weight excluding hydrogens is 452 g/mol. The molecule has 0 bridgehead atoms. The lowest BCUT2D eigenvalue weighted by Gasteiger charge is -2.16. The van der Waals surface area contributed by atoms with Crippen LogP contribution < -0.4 is 5.32 Å². The zero-order valence-corrected chi connectivity index (χ0v) is 20.1. The smallest absolute Gasteiger partial charge is 0.333 e. The number of carbonyl (C=O) groups is 2. The fraction of sp³-hybridized carbons (Fsp3) is 0.133. The molecule has 6 nitrogen and oxygen atoms in total. The van der Waals surface area contributed by atoms with Crippen LogP contribution in [0.15, 0.2) is 96.6 Å². The van der Waals surface area contributed by atoms with Gasteiger partial charge >= 0.3 is 5.97 Å². The number of esters is 1. The minimum absolute atomic E-state index is 0.195. The van der Waals surface area contributed by atoms with E-state index in [9.17, 15) is 14.7 Å². The van der Waals surface area contributed by atoms with E-state index in [0.717, 1.165) is 27.9 Å². The van der Waals surface area contributed by atoms with Crippen molar-refractivity contribution in [2.24, 2.45) is 0 Å². The molecule has 1 amide bonds. The molecule has 1 aromatic heterocycles. The molecule has 0 saturated carbocycles. The molecular formula is C30H26N2O4. The lowest BCUT2D eigenvalue weighted by molar-refractivity contribution is -0.151. The molecule has 0 fully saturated rings. The summed E-state index contributed by atoms with van der Waals surface area (Å²) >= 11 is 0. The molecule has 180 valence electrons. The summed E-state index contributed by atoms with van der Waals surface area (Å²) in [5, 5.41) is 13.3. The van der Waals surface area contributed by atoms with Gasteiger partial charge in [0.1, 0.15) is 0 Å². The highest BCUT2D eigenvalue weighted by molar-refractivity contribution is 6.12. The quantitative estimate of drug-likeness (QED) is 0.359. The number of aliphatic hydroxyl groups excluding tert-OH is 1. The summed E-state index contributed by atoms with van der Waals surface area (Å²) < 4.78 is 6.90. The fourth-order valence-electron chi connectivity index (χ4n) is 4.57. The molecule has 1 aliphatic rings. The van der Waals surface area contributed by atoms with Crippen molar-refractivity contribution in [1.29, 1.82) is 0 Å². The predicted octanol–water partition coefficient (Wildman–Crippen LogP) is 5.49. The van der Waals surface area contributed by atoms with Crippen LogP contribution in [0.1, 0.15) is 21.6 Å². The number of hydrogen-bond donors (Lipinski definition) is 2. The Hall–Kier alpha value is -4.42. The Morgan fingerprint density at radius 1 is 0.917 bits per heavy atom. The molecule has 4 aromatic rings. The second kappa shape index (κ2) is 9.68. The molecule has 3 aromatic carbocycles. The van der Waals surface area contributed by atoms with Gasteiger partial charge in [0.05, 0.1) is 17.8 Å². The van der Waals surface area contributed by atoms with E-state index in [1.807, 2.05) is 103 Å². The summed E-state index contributed by atoms with van der Waals surface area (Å²) in [6, 6.07) is 27.2. The van der Waals surface area contributed by atoms with Crippen LogP contribution in [0.3, 0.4) is 0 Å². The van der Waals surface area contributed by atoms with Gasteiger partial charge in [-0.1, -0.05) is 78.4 Å². The first-order valence-electron chi connectivity index (χ1n) is 11.7. The highest BCUT2D eigenvalue weighted by atomic mass is 16.6. The van der Waals surface area contributed by atoms with Crippen molar-refractivity contribution in [3.63, 3.8) is 0 Å². The number of rotatable bonds is 6. The number of amides is 1. The first kappa shape index (κ1) is 23.3. The van der Waals surface area contributed by atoms with Crippen LogP contribution in [0.4, 0.5) is 5.69 Å². The molecule has 0 aliphatic carbocycles. The molecule has 6 heteroatoms. The first-order valence-corrected chi connectivity index (χ1v) is 11.7. The van der Waals surface area contributed by atoms with Crippen LogP contribution in [0.2, 0.25) is 0 Å². The fourth-order valence-corrected chi connectivity index (χ4v) is 4.57. The number of aryl methyl sites for hydroxylation is 1. The Labute approximate surface area is 209 Å². The summed E-state index contributed by atoms with van der Waals surface area (Å²) in [6.45, 7) is 4.10. The zero-order valence-electron chi connectivity index (χ0n) is 20.1. The van der Waals surface area contributed by atoms with Gasteiger partial charge in [0.15, 0.2) is 0 Å². The van der Waals surface area contributed by atoms with Crippen molar-refractivity contribution in [2.75, 3.05) is 5.32 Å². The minimum atomic E-state index is -1.31. The standard InChI is InChI=1S/C30H26N2O4/c1-19-13-15-22(16-14-19)28-27(21-9-5-3-6-10-21)26(29(34)31-24-11-7-4-8-12-24)20(2)32(28)18-23-17-25(33)36-30(23)35/h3-17,30,35H,18H2,1-2H3,(H,31,34). The number of anilines is 1. The maximum Gasteiger partial charge on any atom is 0.333 e. The van der Waals surface area contributed by atoms with E-state index in [0.29, 0.717) is 22.5 Å². The van der Waals surface area contributed by atoms with Crippen molar-refractivity contribution in [1.82, 2.24) is 4.57 Å². The summed E-state index contributed by atoms with van der Waals surface area (Å²) in [7, 11) is 0. The maximum atomic E-state index is 13.8. The van der Waals surface area contributed by atoms with Gasteiger partial charge in [-0.15, -0.1) is 0 Å². The van der Waals surface area contributed by atoms with E-state index in [-0.39, 0.29) is 12.5 Å². The Morgan fingerprint density at radius 3 is 2.17 bits per heavy atom. The molecule has 0 saturated heterocycles. The van der Waals surface area contributed by atoms with Gasteiger partial charge in [-0.3, -0.25) is 4.79 Å². The number of carbonyl (C=O) groups excluding carboxylic acids is 2. The van der Waals surface area contributed by atoms with E-state index in [2.05, 4.69) is 5.32 Å². The monoisotopic (exact) mass is 478 g/mol. The molecule has 1 unspecified atom stereocenters. The molecule has 1 atom stereocenters. The molecule has 0 spiro atoms. The average Bonchev–Trinajstić information content (AvgIpc) is 3.35. The van der Waals surface area contributed by atoms with Gasteiger partial charge in [0.2, 0.25) is 6.29 Å². The van der Waals surface area contributed by atoms with E-state index < -0.39 is 12.3 Å². The number of ether oxygens (including phenoxy) is 1. The number of para-hydroxylation sites is 1. The third-order valence-electron chi connectivity index (χ3n) is 6.36. The topological polar surface area (TPSA) is 80.6 Å². The second-order valence-corrected chi connectivity index (χ2v) is 8.83. The highest BCUT2D eigenvalue weighted by Gasteiger charge is 2.30. The molecule has 5 rings (SSSR count). The SMILES string of the molecule is Cc1ccc(-c2c(-c3ccccc3)c(C(=O)Nc3ccccc3)c(C)n2CC2=CC(=O)OC2O)cc1. The Balaban J connectivity index is 1.75. The number of benzene rings is 3. The molecule has 1 aliphatic heterocycles. The summed E-state index contributed by atoms with van der Waals surface area (Å²) in [4.78, 5) is 25.6. The van der Waals surface area contributed by atoms with Crippen LogP contribution in [-0.4, -0.2) is 27.8 Å². The first-order chi connectivity index (χ1) is 17.4. The van der Waals surface area contributed by atoms with E-state index >= 15 is 0 Å². The van der Waals surface area contributed by atoms with Gasteiger partial charge < -0.3 is 19.7 Å². The van der Waals surface area contributed by atoms with Crippen LogP contribution in [-0.2, 0) is 16.1 Å². The normalized spacial score (nSPS) is 14.9. The van der Waals surface area contributed by atoms with Gasteiger partial charge in [-0.05, 0) is 37.1 Å². The van der Waals surface area contributed by atoms with Gasteiger partial charge in [-0.2, -0.15) is 0 Å². The number of aromatic nitrogens is 1. The number of nitrogens with one attached hydrogen (secondary N) is 1. The molecule has 2 N–H and O–H groups in total. The molecule has 2 heterocycles. The van der Waals surface area contributed by atoms with Crippen LogP contribution in [0, 0.1) is 13.8 Å². The van der Waals surface area contributed by atoms with Gasteiger partial charge in [0, 0.05) is 28.6 Å². The van der Waals surface area contributed by atoms with Gasteiger partial charge in [0.25, 0.3) is 5.91 Å². The average molecular weight is 479 g/mol. The van der Waals surface area contributed by atoms with E-state index in [1.54, 1.807) is 0 Å². The van der Waals surface area contributed by atoms with Crippen LogP contribution >= 0.6 is 0 Å². The van der Waals surface area contributed by atoms with Crippen molar-refractivity contribution in [2.45, 2.75) is 26.7 Å². The third kappa shape index (κ3) is 4.46. The Morgan fingerprint density at radius 2 is 1.56 bits per heavy atom. The van der Waals surface area contributed by atoms with Gasteiger partial charge in [-0.25, -0.2) is 4.79 Å². The second-order valence-electron chi connectivity index (χ2n) is 8.83. The maximum absolute atomic E-state index is 13.8. The Bertz CT molecular complexity index is 1450. The number of aliphatic hydroxyl groups is 1. The zero-order chi connectivity index (χ0) is 25.2. The lowest BCUT2D eigenvalue weighted by Crippen LogP contribution is -2.16. The van der Waals surface area contributed by atoms with E-state index in [1.165, 1.54) is 6.08 Å². The van der Waals surface area contributed by atoms with E-state index in [4.69, 9.17) is 4.74 Å². The number of nitrogens with zero attached hydrogens (tertiary/aromatic N) is 1. The lowest BCUT2D eigenvalue weighted by atomic mass is 9.96. The summed E-state index contributed by atoms with van der Waals surface area (Å²) in [6.07, 6.45) is 0.00140. The summed E-state index contributed by atoms with van der Waals surface area (Å²) in [5.74, 6) is -0.817. The predicted molar refractivity (Wildman–Crippen MR) is 139 cm³/mol. The van der Waals surface area contributed by atoms with Crippen molar-refractivity contribution >= 4 is 17.6 Å². The summed E-state index contributed by atoms with van der Waals surface area (Å²) in [5.41, 5.74) is 6.90. The van der Waals surface area contributed by atoms with Crippen molar-refractivity contribution in [3.05, 3.63) is 113 Å². The third-order valence-corrected chi connectivity index (χ3v) is 6.36.